The third-order valence-corrected chi connectivity index (χ3v) is 3.33. The number of rotatable bonds is 2. The van der Waals surface area contributed by atoms with E-state index in [1.807, 2.05) is 0 Å². The topological polar surface area (TPSA) is 78.1 Å². The molecule has 98 valence electrons. The second kappa shape index (κ2) is 5.33. The van der Waals surface area contributed by atoms with E-state index < -0.39 is 5.97 Å². The second-order valence-corrected chi connectivity index (χ2v) is 5.23. The Balaban J connectivity index is 2.01. The summed E-state index contributed by atoms with van der Waals surface area (Å²) in [5.74, 6) is 0.836. The summed E-state index contributed by atoms with van der Waals surface area (Å²) in [4.78, 5) is 19.7. The lowest BCUT2D eigenvalue weighted by Gasteiger charge is -2.30. The molecule has 1 heterocycles. The fourth-order valence-electron chi connectivity index (χ4n) is 2.68. The van der Waals surface area contributed by atoms with E-state index in [1.54, 1.807) is 0 Å². The smallest absolute Gasteiger partial charge is 0.361 e. The van der Waals surface area contributed by atoms with Gasteiger partial charge in [0.25, 0.3) is 0 Å². The molecule has 2 rings (SSSR count). The number of hydrogen-bond acceptors (Lipinski definition) is 5. The molecule has 0 amide bonds. The van der Waals surface area contributed by atoms with Crippen molar-refractivity contribution in [2.45, 2.75) is 39.2 Å². The Morgan fingerprint density at radius 1 is 1.22 bits per heavy atom. The van der Waals surface area contributed by atoms with Gasteiger partial charge in [0.2, 0.25) is 0 Å². The minimum atomic E-state index is -0.466. The normalized spacial score (nSPS) is 27.8. The predicted molar refractivity (Wildman–Crippen MR) is 67.8 cm³/mol. The van der Waals surface area contributed by atoms with Crippen LogP contribution in [0.25, 0.3) is 0 Å². The molecule has 18 heavy (non-hydrogen) atoms. The van der Waals surface area contributed by atoms with Gasteiger partial charge in [0.1, 0.15) is 6.10 Å². The number of ether oxygens (including phenoxy) is 1. The Morgan fingerprint density at radius 3 is 2.44 bits per heavy atom. The van der Waals surface area contributed by atoms with E-state index in [1.165, 1.54) is 18.8 Å². The number of nitrogens with zero attached hydrogens (tertiary/aromatic N) is 2. The van der Waals surface area contributed by atoms with Crippen LogP contribution in [0.1, 0.15) is 43.6 Å². The van der Waals surface area contributed by atoms with Crippen LogP contribution in [0.15, 0.2) is 12.4 Å². The molecule has 0 aromatic carbocycles. The van der Waals surface area contributed by atoms with Gasteiger partial charge in [0.15, 0.2) is 11.5 Å². The molecular formula is C13H19N3O2. The molecule has 2 N–H and O–H groups in total. The van der Waals surface area contributed by atoms with Crippen LogP contribution < -0.4 is 5.73 Å². The largest absolute Gasteiger partial charge is 0.458 e. The van der Waals surface area contributed by atoms with Crippen molar-refractivity contribution in [2.24, 2.45) is 11.8 Å². The number of anilines is 1. The van der Waals surface area contributed by atoms with Gasteiger partial charge in [-0.3, -0.25) is 0 Å². The number of nitrogen functional groups attached to an aromatic ring is 1. The van der Waals surface area contributed by atoms with Gasteiger partial charge in [0.05, 0.1) is 0 Å². The van der Waals surface area contributed by atoms with Gasteiger partial charge < -0.3 is 10.5 Å². The van der Waals surface area contributed by atoms with Crippen molar-refractivity contribution >= 4 is 11.8 Å². The van der Waals surface area contributed by atoms with Crippen LogP contribution in [0.5, 0.6) is 0 Å². The molecule has 1 fully saturated rings. The van der Waals surface area contributed by atoms with Gasteiger partial charge in [-0.15, -0.1) is 0 Å². The SMILES string of the molecule is CC1CC(C)CC(OC(=O)c2nccnc2N)C1. The highest BCUT2D eigenvalue weighted by Gasteiger charge is 2.27. The maximum Gasteiger partial charge on any atom is 0.361 e. The van der Waals surface area contributed by atoms with Crippen LogP contribution in [0.3, 0.4) is 0 Å². The van der Waals surface area contributed by atoms with E-state index >= 15 is 0 Å². The molecule has 0 aliphatic heterocycles. The monoisotopic (exact) mass is 249 g/mol. The van der Waals surface area contributed by atoms with Crippen molar-refractivity contribution in [1.82, 2.24) is 9.97 Å². The third kappa shape index (κ3) is 2.97. The number of nitrogens with two attached hydrogens (primary N) is 1. The summed E-state index contributed by atoms with van der Waals surface area (Å²) < 4.78 is 5.48. The third-order valence-electron chi connectivity index (χ3n) is 3.33. The van der Waals surface area contributed by atoms with Crippen molar-refractivity contribution in [2.75, 3.05) is 5.73 Å². The van der Waals surface area contributed by atoms with Crippen LogP contribution in [-0.2, 0) is 4.74 Å². The van der Waals surface area contributed by atoms with Crippen molar-refractivity contribution in [3.63, 3.8) is 0 Å². The predicted octanol–water partition coefficient (Wildman–Crippen LogP) is 2.04. The highest BCUT2D eigenvalue weighted by atomic mass is 16.5. The van der Waals surface area contributed by atoms with Gasteiger partial charge in [-0.05, 0) is 31.1 Å². The quantitative estimate of drug-likeness (QED) is 0.811. The molecule has 0 radical (unpaired) electrons. The highest BCUT2D eigenvalue weighted by Crippen LogP contribution is 2.30. The summed E-state index contributed by atoms with van der Waals surface area (Å²) in [6, 6.07) is 0. The first-order valence-electron chi connectivity index (χ1n) is 6.33. The molecule has 1 aromatic heterocycles. The Morgan fingerprint density at radius 2 is 1.83 bits per heavy atom. The lowest BCUT2D eigenvalue weighted by Crippen LogP contribution is -2.29. The molecule has 1 aromatic rings. The number of hydrogen-bond donors (Lipinski definition) is 1. The first-order chi connectivity index (χ1) is 8.56. The summed E-state index contributed by atoms with van der Waals surface area (Å²) >= 11 is 0. The molecule has 0 bridgehead atoms. The fourth-order valence-corrected chi connectivity index (χ4v) is 2.68. The van der Waals surface area contributed by atoms with Crippen LogP contribution in [-0.4, -0.2) is 22.0 Å². The minimum Gasteiger partial charge on any atom is -0.458 e. The van der Waals surface area contributed by atoms with E-state index in [2.05, 4.69) is 23.8 Å². The zero-order chi connectivity index (χ0) is 13.1. The molecule has 2 unspecified atom stereocenters. The number of carbonyl (C=O) groups is 1. The van der Waals surface area contributed by atoms with Gasteiger partial charge in [0, 0.05) is 12.4 Å². The second-order valence-electron chi connectivity index (χ2n) is 5.23. The average molecular weight is 249 g/mol. The fraction of sp³-hybridized carbons (Fsp3) is 0.615. The van der Waals surface area contributed by atoms with Crippen molar-refractivity contribution in [3.05, 3.63) is 18.1 Å². The number of aromatic nitrogens is 2. The number of carbonyl (C=O) groups excluding carboxylic acids is 1. The molecule has 1 aliphatic rings. The molecular weight excluding hydrogens is 230 g/mol. The highest BCUT2D eigenvalue weighted by molar-refractivity contribution is 5.91. The molecule has 5 heteroatoms. The van der Waals surface area contributed by atoms with Gasteiger partial charge >= 0.3 is 5.97 Å². The summed E-state index contributed by atoms with van der Waals surface area (Å²) in [5.41, 5.74) is 5.72. The zero-order valence-corrected chi connectivity index (χ0v) is 10.8. The van der Waals surface area contributed by atoms with Gasteiger partial charge in [-0.25, -0.2) is 14.8 Å². The van der Waals surface area contributed by atoms with Crippen molar-refractivity contribution in [3.8, 4) is 0 Å². The Bertz CT molecular complexity index is 426. The Kier molecular flexibility index (Phi) is 3.79. The Hall–Kier alpha value is -1.65. The molecule has 1 aliphatic carbocycles. The van der Waals surface area contributed by atoms with Crippen molar-refractivity contribution in [1.29, 1.82) is 0 Å². The van der Waals surface area contributed by atoms with E-state index in [-0.39, 0.29) is 17.6 Å². The first kappa shape index (κ1) is 12.8. The van der Waals surface area contributed by atoms with Crippen molar-refractivity contribution < 1.29 is 9.53 Å². The lowest BCUT2D eigenvalue weighted by molar-refractivity contribution is 0.00754. The minimum absolute atomic E-state index is 0.0299. The summed E-state index contributed by atoms with van der Waals surface area (Å²) in [6.07, 6.45) is 5.89. The van der Waals surface area contributed by atoms with Crippen LogP contribution in [0, 0.1) is 11.8 Å². The van der Waals surface area contributed by atoms with E-state index in [0.29, 0.717) is 11.8 Å². The first-order valence-corrected chi connectivity index (χ1v) is 6.33. The van der Waals surface area contributed by atoms with E-state index in [9.17, 15) is 4.79 Å². The molecule has 0 saturated heterocycles. The summed E-state index contributed by atoms with van der Waals surface area (Å²) in [5, 5.41) is 0. The summed E-state index contributed by atoms with van der Waals surface area (Å²) in [7, 11) is 0. The van der Waals surface area contributed by atoms with Crippen LogP contribution in [0.4, 0.5) is 5.82 Å². The standard InChI is InChI=1S/C13H19N3O2/c1-8-5-9(2)7-10(6-8)18-13(17)11-12(14)16-4-3-15-11/h3-4,8-10H,5-7H2,1-2H3,(H2,14,16). The van der Waals surface area contributed by atoms with E-state index in [0.717, 1.165) is 12.8 Å². The molecule has 5 nitrogen and oxygen atoms in total. The van der Waals surface area contributed by atoms with Crippen LogP contribution in [0.2, 0.25) is 0 Å². The van der Waals surface area contributed by atoms with Gasteiger partial charge in [-0.2, -0.15) is 0 Å². The average Bonchev–Trinajstić information content (AvgIpc) is 2.27. The zero-order valence-electron chi connectivity index (χ0n) is 10.8. The van der Waals surface area contributed by atoms with E-state index in [4.69, 9.17) is 10.5 Å². The van der Waals surface area contributed by atoms with Crippen LogP contribution >= 0.6 is 0 Å². The summed E-state index contributed by atoms with van der Waals surface area (Å²) in [6.45, 7) is 4.38. The lowest BCUT2D eigenvalue weighted by atomic mass is 9.82. The maximum absolute atomic E-state index is 11.9. The molecule has 0 spiro atoms. The Labute approximate surface area is 107 Å². The molecule has 2 atom stereocenters. The maximum atomic E-state index is 11.9. The van der Waals surface area contributed by atoms with Gasteiger partial charge in [-0.1, -0.05) is 13.8 Å². The number of esters is 1. The molecule has 1 saturated carbocycles.